The maximum absolute atomic E-state index is 5.82. The maximum Gasteiger partial charge on any atom is 0.119 e. The second kappa shape index (κ2) is 13.5. The second-order valence-corrected chi connectivity index (χ2v) is 8.65. The summed E-state index contributed by atoms with van der Waals surface area (Å²) < 4.78 is 17.3. The van der Waals surface area contributed by atoms with Crippen LogP contribution in [0.4, 0.5) is 0 Å². The molecule has 0 unspecified atom stereocenters. The quantitative estimate of drug-likeness (QED) is 0.631. The molecule has 0 saturated carbocycles. The number of hydrogen-bond donors (Lipinski definition) is 2. The first-order chi connectivity index (χ1) is 16.3. The van der Waals surface area contributed by atoms with Gasteiger partial charge < -0.3 is 24.8 Å². The number of fused-ring (bicyclic) bond motifs is 4. The molecule has 8 rings (SSSR count). The highest BCUT2D eigenvalue weighted by molar-refractivity contribution is 5.28. The number of benzene rings is 2. The summed E-state index contributed by atoms with van der Waals surface area (Å²) in [5, 5.41) is 7.29. The van der Waals surface area contributed by atoms with Crippen LogP contribution in [0.1, 0.15) is 11.1 Å². The molecule has 0 amide bonds. The van der Waals surface area contributed by atoms with Gasteiger partial charge in [-0.25, -0.2) is 0 Å². The summed E-state index contributed by atoms with van der Waals surface area (Å²) in [5.41, 5.74) is 2.63. The van der Waals surface area contributed by atoms with E-state index < -0.39 is 0 Å². The van der Waals surface area contributed by atoms with E-state index in [4.69, 9.17) is 14.2 Å². The Hall–Kier alpha value is -2.16. The lowest BCUT2D eigenvalue weighted by Gasteiger charge is -2.27. The first-order valence-corrected chi connectivity index (χ1v) is 12.2. The molecular weight excluding hydrogens is 416 g/mol. The summed E-state index contributed by atoms with van der Waals surface area (Å²) in [6.45, 7) is 12.2. The van der Waals surface area contributed by atoms with Gasteiger partial charge in [-0.3, -0.25) is 9.80 Å². The van der Waals surface area contributed by atoms with Gasteiger partial charge in [0.2, 0.25) is 0 Å². The Kier molecular flexibility index (Phi) is 9.83. The lowest BCUT2D eigenvalue weighted by Crippen LogP contribution is -2.42. The molecule has 7 nitrogen and oxygen atoms in total. The van der Waals surface area contributed by atoms with Crippen LogP contribution in [0, 0.1) is 0 Å². The number of ether oxygens (including phenoxy) is 3. The molecule has 6 bridgehead atoms. The van der Waals surface area contributed by atoms with E-state index in [0.29, 0.717) is 26.4 Å². The molecule has 6 heterocycles. The Morgan fingerprint density at radius 3 is 1.30 bits per heavy atom. The Bertz CT molecular complexity index is 721. The number of nitrogens with one attached hydrogen (secondary N) is 2. The van der Waals surface area contributed by atoms with Crippen molar-refractivity contribution in [2.24, 2.45) is 0 Å². The van der Waals surface area contributed by atoms with E-state index in [1.54, 1.807) is 0 Å². The summed E-state index contributed by atoms with van der Waals surface area (Å²) in [7, 11) is 0. The van der Waals surface area contributed by atoms with E-state index in [1.165, 1.54) is 11.1 Å². The highest BCUT2D eigenvalue weighted by atomic mass is 16.5. The van der Waals surface area contributed by atoms with E-state index in [-0.39, 0.29) is 0 Å². The zero-order valence-electron chi connectivity index (χ0n) is 19.6. The van der Waals surface area contributed by atoms with Crippen LogP contribution < -0.4 is 20.1 Å². The number of rotatable bonds is 0. The zero-order chi connectivity index (χ0) is 22.6. The van der Waals surface area contributed by atoms with Crippen molar-refractivity contribution in [1.29, 1.82) is 0 Å². The van der Waals surface area contributed by atoms with Crippen molar-refractivity contribution >= 4 is 0 Å². The van der Waals surface area contributed by atoms with Crippen LogP contribution in [0.25, 0.3) is 0 Å². The van der Waals surface area contributed by atoms with Gasteiger partial charge in [0.25, 0.3) is 0 Å². The standard InChI is InChI=1S/C26H38N4O3/c1-5-25-6-2-23(1)21-29-13-9-27-11-15-30(16-12-28-10-14-29)22-24-3-7-26(8-4-24)33-20-18-31-17-19-32-25/h1-8,27-28H,9-22H2. The molecule has 0 aliphatic carbocycles. The molecule has 2 N–H and O–H groups in total. The van der Waals surface area contributed by atoms with E-state index in [2.05, 4.69) is 69.0 Å². The molecule has 2 aromatic carbocycles. The smallest absolute Gasteiger partial charge is 0.119 e. The van der Waals surface area contributed by atoms with E-state index in [0.717, 1.165) is 76.9 Å². The van der Waals surface area contributed by atoms with Crippen LogP contribution in [0.3, 0.4) is 0 Å². The Morgan fingerprint density at radius 2 is 0.909 bits per heavy atom. The van der Waals surface area contributed by atoms with Crippen molar-refractivity contribution in [2.45, 2.75) is 13.1 Å². The molecule has 6 aliphatic heterocycles. The molecule has 0 spiro atoms. The largest absolute Gasteiger partial charge is 0.491 e. The molecular formula is C26H38N4O3. The van der Waals surface area contributed by atoms with Crippen molar-refractivity contribution in [3.63, 3.8) is 0 Å². The van der Waals surface area contributed by atoms with Gasteiger partial charge in [0.15, 0.2) is 0 Å². The summed E-state index contributed by atoms with van der Waals surface area (Å²) in [6.07, 6.45) is 0. The molecule has 33 heavy (non-hydrogen) atoms. The first-order valence-electron chi connectivity index (χ1n) is 12.2. The Morgan fingerprint density at radius 1 is 0.515 bits per heavy atom. The fraction of sp³-hybridized carbons (Fsp3) is 0.538. The minimum atomic E-state index is 0.536. The predicted octanol–water partition coefficient (Wildman–Crippen LogP) is 1.97. The lowest BCUT2D eigenvalue weighted by molar-refractivity contribution is 0.0764. The van der Waals surface area contributed by atoms with Gasteiger partial charge in [0, 0.05) is 65.4 Å². The maximum atomic E-state index is 5.82. The minimum Gasteiger partial charge on any atom is -0.491 e. The number of hydrogen-bond acceptors (Lipinski definition) is 7. The minimum absolute atomic E-state index is 0.536. The van der Waals surface area contributed by atoms with Crippen LogP contribution in [0.5, 0.6) is 11.5 Å². The third kappa shape index (κ3) is 8.61. The predicted molar refractivity (Wildman–Crippen MR) is 131 cm³/mol. The third-order valence-corrected chi connectivity index (χ3v) is 6.07. The molecule has 1 fully saturated rings. The van der Waals surface area contributed by atoms with Gasteiger partial charge in [-0.15, -0.1) is 0 Å². The topological polar surface area (TPSA) is 58.2 Å². The second-order valence-electron chi connectivity index (χ2n) is 8.65. The fourth-order valence-corrected chi connectivity index (χ4v) is 4.18. The monoisotopic (exact) mass is 454 g/mol. The van der Waals surface area contributed by atoms with Crippen molar-refractivity contribution in [3.8, 4) is 11.5 Å². The van der Waals surface area contributed by atoms with Gasteiger partial charge in [-0.05, 0) is 35.4 Å². The lowest BCUT2D eigenvalue weighted by atomic mass is 10.2. The van der Waals surface area contributed by atoms with Gasteiger partial charge in [0.05, 0.1) is 13.2 Å². The number of nitrogens with zero attached hydrogens (tertiary/aromatic N) is 2. The van der Waals surface area contributed by atoms with E-state index in [9.17, 15) is 0 Å². The summed E-state index contributed by atoms with van der Waals surface area (Å²) >= 11 is 0. The molecule has 2 aromatic rings. The Balaban J connectivity index is 1.41. The van der Waals surface area contributed by atoms with Crippen molar-refractivity contribution < 1.29 is 14.2 Å². The third-order valence-electron chi connectivity index (χ3n) is 6.07. The molecule has 0 radical (unpaired) electrons. The molecule has 0 atom stereocenters. The zero-order valence-corrected chi connectivity index (χ0v) is 19.6. The van der Waals surface area contributed by atoms with Gasteiger partial charge in [0.1, 0.15) is 24.7 Å². The van der Waals surface area contributed by atoms with Crippen molar-refractivity contribution in [3.05, 3.63) is 59.7 Å². The average molecular weight is 455 g/mol. The van der Waals surface area contributed by atoms with E-state index in [1.807, 2.05) is 0 Å². The highest BCUT2D eigenvalue weighted by Gasteiger charge is 2.10. The molecule has 180 valence electrons. The molecule has 6 aliphatic rings. The van der Waals surface area contributed by atoms with Gasteiger partial charge in [-0.2, -0.15) is 0 Å². The van der Waals surface area contributed by atoms with E-state index >= 15 is 0 Å². The summed E-state index contributed by atoms with van der Waals surface area (Å²) in [4.78, 5) is 5.04. The highest BCUT2D eigenvalue weighted by Crippen LogP contribution is 2.15. The van der Waals surface area contributed by atoms with Gasteiger partial charge >= 0.3 is 0 Å². The summed E-state index contributed by atoms with van der Waals surface area (Å²) in [5.74, 6) is 1.77. The average Bonchev–Trinajstić information content (AvgIpc) is 2.83. The molecule has 1 saturated heterocycles. The SMILES string of the molecule is c1cc2ccc1CN1CCNCCN(CCNCC1)Cc1ccc(cc1)OCCOCCO2. The summed E-state index contributed by atoms with van der Waals surface area (Å²) in [6, 6.07) is 16.9. The molecule has 0 aromatic heterocycles. The normalized spacial score (nSPS) is 24.0. The van der Waals surface area contributed by atoms with Crippen molar-refractivity contribution in [1.82, 2.24) is 20.4 Å². The van der Waals surface area contributed by atoms with Crippen molar-refractivity contribution in [2.75, 3.05) is 78.8 Å². The van der Waals surface area contributed by atoms with Crippen LogP contribution >= 0.6 is 0 Å². The van der Waals surface area contributed by atoms with Crippen LogP contribution in [0.2, 0.25) is 0 Å². The first kappa shape index (κ1) is 24.0. The van der Waals surface area contributed by atoms with Crippen LogP contribution in [-0.2, 0) is 17.8 Å². The Labute approximate surface area is 198 Å². The fourth-order valence-electron chi connectivity index (χ4n) is 4.18. The van der Waals surface area contributed by atoms with Crippen LogP contribution in [0.15, 0.2) is 48.5 Å². The molecule has 7 heteroatoms. The van der Waals surface area contributed by atoms with Gasteiger partial charge in [-0.1, -0.05) is 24.3 Å². The van der Waals surface area contributed by atoms with Crippen LogP contribution in [-0.4, -0.2) is 88.6 Å².